The lowest BCUT2D eigenvalue weighted by Crippen LogP contribution is -2.28. The van der Waals surface area contributed by atoms with E-state index in [1.54, 1.807) is 12.1 Å². The van der Waals surface area contributed by atoms with Gasteiger partial charge in [0.1, 0.15) is 5.76 Å². The predicted octanol–water partition coefficient (Wildman–Crippen LogP) is 0.527. The fourth-order valence-corrected chi connectivity index (χ4v) is 1.68. The van der Waals surface area contributed by atoms with Crippen LogP contribution in [0.2, 0.25) is 0 Å². The lowest BCUT2D eigenvalue weighted by Gasteiger charge is -2.04. The van der Waals surface area contributed by atoms with Crippen molar-refractivity contribution < 1.29 is 14.0 Å². The summed E-state index contributed by atoms with van der Waals surface area (Å²) in [5.74, 6) is 0.610. The third kappa shape index (κ3) is 4.40. The van der Waals surface area contributed by atoms with Crippen LogP contribution in [-0.4, -0.2) is 24.4 Å². The third-order valence-electron chi connectivity index (χ3n) is 2.90. The van der Waals surface area contributed by atoms with Crippen molar-refractivity contribution in [2.75, 3.05) is 6.54 Å². The van der Waals surface area contributed by atoms with Crippen molar-refractivity contribution in [3.8, 4) is 0 Å². The van der Waals surface area contributed by atoms with Gasteiger partial charge in [0, 0.05) is 19.0 Å². The molecule has 0 unspecified atom stereocenters. The average molecular weight is 265 g/mol. The van der Waals surface area contributed by atoms with Crippen LogP contribution in [-0.2, 0) is 11.3 Å². The van der Waals surface area contributed by atoms with Gasteiger partial charge in [0.05, 0.1) is 6.54 Å². The van der Waals surface area contributed by atoms with Crippen molar-refractivity contribution >= 4 is 11.8 Å². The quantitative estimate of drug-likeness (QED) is 0.626. The summed E-state index contributed by atoms with van der Waals surface area (Å²) in [6.07, 6.45) is 3.23. The fourth-order valence-electron chi connectivity index (χ4n) is 1.68. The van der Waals surface area contributed by atoms with Crippen molar-refractivity contribution in [3.05, 3.63) is 23.7 Å². The molecule has 1 saturated carbocycles. The summed E-state index contributed by atoms with van der Waals surface area (Å²) in [6, 6.07) is 3.66. The van der Waals surface area contributed by atoms with Crippen LogP contribution >= 0.6 is 0 Å². The molecule has 2 rings (SSSR count). The zero-order chi connectivity index (χ0) is 13.7. The highest BCUT2D eigenvalue weighted by Gasteiger charge is 2.22. The molecule has 6 nitrogen and oxygen atoms in total. The van der Waals surface area contributed by atoms with Crippen LogP contribution in [0.4, 0.5) is 0 Å². The van der Waals surface area contributed by atoms with E-state index in [0.717, 1.165) is 12.8 Å². The summed E-state index contributed by atoms with van der Waals surface area (Å²) in [6.45, 7) is 0.726. The third-order valence-corrected chi connectivity index (χ3v) is 2.90. The van der Waals surface area contributed by atoms with Gasteiger partial charge in [-0.1, -0.05) is 0 Å². The van der Waals surface area contributed by atoms with Crippen LogP contribution in [0.15, 0.2) is 16.5 Å². The van der Waals surface area contributed by atoms with Gasteiger partial charge < -0.3 is 20.8 Å². The number of amides is 2. The number of rotatable bonds is 7. The molecule has 0 saturated heterocycles. The first-order chi connectivity index (χ1) is 9.19. The lowest BCUT2D eigenvalue weighted by atomic mass is 10.3. The smallest absolute Gasteiger partial charge is 0.286 e. The average Bonchev–Trinajstić information content (AvgIpc) is 3.08. The maximum atomic E-state index is 11.7. The number of carbonyl (C=O) groups excluding carboxylic acids is 2. The standard InChI is InChI=1S/C13H19N3O3/c14-8-10-5-6-11(19-10)13(18)15-7-1-2-12(17)16-9-3-4-9/h5-6,9H,1-4,7-8,14H2,(H,15,18)(H,16,17). The number of hydrogen-bond donors (Lipinski definition) is 3. The van der Waals surface area contributed by atoms with Crippen LogP contribution < -0.4 is 16.4 Å². The Morgan fingerprint density at radius 2 is 2.16 bits per heavy atom. The van der Waals surface area contributed by atoms with Crippen molar-refractivity contribution in [1.29, 1.82) is 0 Å². The van der Waals surface area contributed by atoms with Crippen molar-refractivity contribution in [2.24, 2.45) is 5.73 Å². The first-order valence-corrected chi connectivity index (χ1v) is 6.55. The molecule has 1 aliphatic rings. The zero-order valence-electron chi connectivity index (χ0n) is 10.8. The number of hydrogen-bond acceptors (Lipinski definition) is 4. The van der Waals surface area contributed by atoms with E-state index in [1.807, 2.05) is 0 Å². The van der Waals surface area contributed by atoms with Crippen molar-refractivity contribution in [3.63, 3.8) is 0 Å². The van der Waals surface area contributed by atoms with Gasteiger partial charge in [0.15, 0.2) is 5.76 Å². The second-order valence-electron chi connectivity index (χ2n) is 4.67. The van der Waals surface area contributed by atoms with E-state index in [4.69, 9.17) is 10.2 Å². The summed E-state index contributed by atoms with van der Waals surface area (Å²) >= 11 is 0. The summed E-state index contributed by atoms with van der Waals surface area (Å²) in [4.78, 5) is 23.1. The van der Waals surface area contributed by atoms with E-state index in [0.29, 0.717) is 31.2 Å². The van der Waals surface area contributed by atoms with Crippen LogP contribution in [0.3, 0.4) is 0 Å². The molecule has 1 fully saturated rings. The number of furan rings is 1. The van der Waals surface area contributed by atoms with Crippen molar-refractivity contribution in [1.82, 2.24) is 10.6 Å². The molecular formula is C13H19N3O3. The molecule has 1 heterocycles. The summed E-state index contributed by atoms with van der Waals surface area (Å²) in [7, 11) is 0. The van der Waals surface area contributed by atoms with Crippen LogP contribution in [0, 0.1) is 0 Å². The van der Waals surface area contributed by atoms with Crippen LogP contribution in [0.25, 0.3) is 0 Å². The van der Waals surface area contributed by atoms with E-state index >= 15 is 0 Å². The van der Waals surface area contributed by atoms with Gasteiger partial charge >= 0.3 is 0 Å². The molecule has 0 aromatic carbocycles. The Hall–Kier alpha value is -1.82. The highest BCUT2D eigenvalue weighted by Crippen LogP contribution is 2.18. The number of nitrogens with one attached hydrogen (secondary N) is 2. The Balaban J connectivity index is 1.61. The molecule has 1 aromatic heterocycles. The second-order valence-corrected chi connectivity index (χ2v) is 4.67. The first kappa shape index (κ1) is 13.6. The monoisotopic (exact) mass is 265 g/mol. The van der Waals surface area contributed by atoms with Crippen molar-refractivity contribution in [2.45, 2.75) is 38.3 Å². The molecular weight excluding hydrogens is 246 g/mol. The van der Waals surface area contributed by atoms with Gasteiger partial charge in [-0.2, -0.15) is 0 Å². The van der Waals surface area contributed by atoms with Gasteiger partial charge in [-0.05, 0) is 31.4 Å². The Kier molecular flexibility index (Phi) is 4.57. The maximum Gasteiger partial charge on any atom is 0.286 e. The maximum absolute atomic E-state index is 11.7. The first-order valence-electron chi connectivity index (χ1n) is 6.55. The molecule has 19 heavy (non-hydrogen) atoms. The molecule has 4 N–H and O–H groups in total. The molecule has 104 valence electrons. The Morgan fingerprint density at radius 1 is 1.37 bits per heavy atom. The summed E-state index contributed by atoms with van der Waals surface area (Å²) in [5.41, 5.74) is 5.39. The van der Waals surface area contributed by atoms with Gasteiger partial charge in [-0.15, -0.1) is 0 Å². The molecule has 0 radical (unpaired) electrons. The van der Waals surface area contributed by atoms with E-state index in [1.165, 1.54) is 0 Å². The minimum absolute atomic E-state index is 0.0557. The molecule has 0 bridgehead atoms. The molecule has 0 aliphatic heterocycles. The Bertz CT molecular complexity index is 452. The molecule has 1 aliphatic carbocycles. The largest absolute Gasteiger partial charge is 0.455 e. The highest BCUT2D eigenvalue weighted by atomic mass is 16.4. The molecule has 2 amide bonds. The summed E-state index contributed by atoms with van der Waals surface area (Å²) < 4.78 is 5.22. The summed E-state index contributed by atoms with van der Waals surface area (Å²) in [5, 5.41) is 5.61. The van der Waals surface area contributed by atoms with Crippen LogP contribution in [0.5, 0.6) is 0 Å². The Labute approximate surface area is 111 Å². The van der Waals surface area contributed by atoms with Gasteiger partial charge in [0.25, 0.3) is 5.91 Å². The van der Waals surface area contributed by atoms with E-state index < -0.39 is 0 Å². The second kappa shape index (κ2) is 6.38. The molecule has 0 spiro atoms. The molecule has 0 atom stereocenters. The fraction of sp³-hybridized carbons (Fsp3) is 0.538. The normalized spacial score (nSPS) is 14.2. The Morgan fingerprint density at radius 3 is 2.79 bits per heavy atom. The van der Waals surface area contributed by atoms with E-state index in [-0.39, 0.29) is 24.1 Å². The van der Waals surface area contributed by atoms with Gasteiger partial charge in [0.2, 0.25) is 5.91 Å². The zero-order valence-corrected chi connectivity index (χ0v) is 10.8. The number of nitrogens with two attached hydrogens (primary N) is 1. The predicted molar refractivity (Wildman–Crippen MR) is 69.3 cm³/mol. The minimum atomic E-state index is -0.276. The van der Waals surface area contributed by atoms with Crippen LogP contribution in [0.1, 0.15) is 42.0 Å². The molecule has 6 heteroatoms. The van der Waals surface area contributed by atoms with E-state index in [2.05, 4.69) is 10.6 Å². The lowest BCUT2D eigenvalue weighted by molar-refractivity contribution is -0.121. The van der Waals surface area contributed by atoms with E-state index in [9.17, 15) is 9.59 Å². The highest BCUT2D eigenvalue weighted by molar-refractivity contribution is 5.91. The SMILES string of the molecule is NCc1ccc(C(=O)NCCCC(=O)NC2CC2)o1. The van der Waals surface area contributed by atoms with Gasteiger partial charge in [-0.3, -0.25) is 9.59 Å². The minimum Gasteiger partial charge on any atom is -0.455 e. The molecule has 1 aromatic rings. The number of carbonyl (C=O) groups is 2. The topological polar surface area (TPSA) is 97.4 Å². The van der Waals surface area contributed by atoms with Gasteiger partial charge in [-0.25, -0.2) is 0 Å².